The topological polar surface area (TPSA) is 192 Å². The first-order chi connectivity index (χ1) is 23.7. The number of nitrogens with one attached hydrogen (secondary N) is 2. The van der Waals surface area contributed by atoms with Crippen LogP contribution in [0.2, 0.25) is 0 Å². The molecule has 1 fully saturated rings. The summed E-state index contributed by atoms with van der Waals surface area (Å²) in [7, 11) is 8.09. The molecule has 4 amide bonds. The molecule has 16 nitrogen and oxygen atoms in total. The molecule has 4 N–H and O–H groups in total. The molecule has 0 radical (unpaired) electrons. The monoisotopic (exact) mass is 710 g/mol. The highest BCUT2D eigenvalue weighted by Gasteiger charge is 2.43. The number of aliphatic hydroxyl groups excluding tert-OH is 2. The maximum Gasteiger partial charge on any atom is 0.245 e. The molecular formula is C34H62N8O8. The zero-order valence-electron chi connectivity index (χ0n) is 31.6. The summed E-state index contributed by atoms with van der Waals surface area (Å²) in [5, 5.41) is 33.0. The van der Waals surface area contributed by atoms with E-state index in [-0.39, 0.29) is 55.2 Å². The van der Waals surface area contributed by atoms with Crippen molar-refractivity contribution in [3.8, 4) is 0 Å². The van der Waals surface area contributed by atoms with E-state index in [4.69, 9.17) is 9.47 Å². The second kappa shape index (κ2) is 20.6. The summed E-state index contributed by atoms with van der Waals surface area (Å²) in [6.45, 7) is 9.50. The summed E-state index contributed by atoms with van der Waals surface area (Å²) < 4.78 is 13.3. The van der Waals surface area contributed by atoms with Crippen molar-refractivity contribution < 1.29 is 38.9 Å². The Morgan fingerprint density at radius 1 is 1.00 bits per heavy atom. The van der Waals surface area contributed by atoms with Crippen LogP contribution in [0.1, 0.15) is 60.3 Å². The lowest BCUT2D eigenvalue weighted by Crippen LogP contribution is -2.59. The summed E-state index contributed by atoms with van der Waals surface area (Å²) >= 11 is 0. The Kier molecular flexibility index (Phi) is 17.7. The van der Waals surface area contributed by atoms with E-state index in [9.17, 15) is 29.4 Å². The molecular weight excluding hydrogens is 648 g/mol. The van der Waals surface area contributed by atoms with E-state index in [0.29, 0.717) is 19.4 Å². The SMILES string of the molecule is CC[C@H](C)[C@@H]([C@@H](CC(=O)N1CCC[C@H]1[C@H](OC)[C@@H](C)C(=O)NC(CO)Cn1ccnn1)OC)N(C)C(=O)[C@@H](NC(=O)[C@H](CO)N(C)C)C(C)C. The number of aromatic nitrogens is 3. The number of carbonyl (C=O) groups is 4. The minimum atomic E-state index is -0.860. The summed E-state index contributed by atoms with van der Waals surface area (Å²) in [6, 6.07) is -3.12. The van der Waals surface area contributed by atoms with Crippen molar-refractivity contribution in [2.24, 2.45) is 17.8 Å². The summed E-state index contributed by atoms with van der Waals surface area (Å²) in [6.07, 6.45) is 3.97. The van der Waals surface area contributed by atoms with Crippen LogP contribution >= 0.6 is 0 Å². The molecule has 0 aliphatic carbocycles. The number of hydrogen-bond donors (Lipinski definition) is 4. The molecule has 0 bridgehead atoms. The molecule has 1 unspecified atom stereocenters. The number of ether oxygens (including phenoxy) is 2. The van der Waals surface area contributed by atoms with Gasteiger partial charge in [-0.3, -0.25) is 28.8 Å². The van der Waals surface area contributed by atoms with Crippen molar-refractivity contribution in [3.63, 3.8) is 0 Å². The fourth-order valence-corrected chi connectivity index (χ4v) is 6.81. The molecule has 1 aromatic heterocycles. The Bertz CT molecular complexity index is 1200. The molecule has 9 atom stereocenters. The zero-order valence-corrected chi connectivity index (χ0v) is 31.6. The third-order valence-corrected chi connectivity index (χ3v) is 10.0. The summed E-state index contributed by atoms with van der Waals surface area (Å²) in [5.41, 5.74) is 0. The van der Waals surface area contributed by atoms with Gasteiger partial charge in [0.05, 0.1) is 68.6 Å². The standard InChI is InChI=1S/C34H62N8O8/c1-11-22(4)30(40(8)34(48)29(21(2)3)37-33(47)26(20-44)39(6)7)27(49-9)17-28(45)42-15-12-13-25(42)31(50-10)23(5)32(46)36-24(19-43)18-41-16-14-35-38-41/h14,16,21-27,29-31,43-44H,11-13,15,17-20H2,1-10H3,(H,36,46)(H,37,47)/t22-,23+,24?,25-,26-,27+,29-,30-,31+/m0/s1. The molecule has 1 aliphatic heterocycles. The Morgan fingerprint density at radius 3 is 2.18 bits per heavy atom. The van der Waals surface area contributed by atoms with Crippen LogP contribution in [-0.2, 0) is 35.2 Å². The second-order valence-electron chi connectivity index (χ2n) is 14.0. The van der Waals surface area contributed by atoms with Crippen molar-refractivity contribution in [1.29, 1.82) is 0 Å². The lowest BCUT2D eigenvalue weighted by atomic mass is 9.89. The Morgan fingerprint density at radius 2 is 1.68 bits per heavy atom. The maximum atomic E-state index is 14.1. The van der Waals surface area contributed by atoms with Gasteiger partial charge in [0, 0.05) is 34.0 Å². The highest BCUT2D eigenvalue weighted by atomic mass is 16.5. The number of likely N-dealkylation sites (tertiary alicyclic amines) is 1. The molecule has 2 heterocycles. The van der Waals surface area contributed by atoms with Gasteiger partial charge in [-0.15, -0.1) is 5.10 Å². The van der Waals surface area contributed by atoms with Crippen LogP contribution in [-0.4, -0.2) is 161 Å². The highest BCUT2D eigenvalue weighted by molar-refractivity contribution is 5.90. The predicted octanol–water partition coefficient (Wildman–Crippen LogP) is -0.261. The molecule has 1 aliphatic rings. The average Bonchev–Trinajstić information content (AvgIpc) is 3.79. The lowest BCUT2D eigenvalue weighted by Gasteiger charge is -2.41. The van der Waals surface area contributed by atoms with Crippen LogP contribution in [0.15, 0.2) is 12.4 Å². The smallest absolute Gasteiger partial charge is 0.245 e. The van der Waals surface area contributed by atoms with E-state index < -0.39 is 54.8 Å². The van der Waals surface area contributed by atoms with E-state index >= 15 is 0 Å². The first-order valence-corrected chi connectivity index (χ1v) is 17.6. The van der Waals surface area contributed by atoms with E-state index in [1.54, 1.807) is 49.0 Å². The van der Waals surface area contributed by atoms with E-state index in [1.807, 2.05) is 27.7 Å². The first-order valence-electron chi connectivity index (χ1n) is 17.6. The van der Waals surface area contributed by atoms with Gasteiger partial charge in [-0.05, 0) is 38.8 Å². The van der Waals surface area contributed by atoms with Crippen LogP contribution in [0.4, 0.5) is 0 Å². The number of methoxy groups -OCH3 is 2. The third kappa shape index (κ3) is 11.2. The Balaban J connectivity index is 2.24. The van der Waals surface area contributed by atoms with Gasteiger partial charge in [0.25, 0.3) is 0 Å². The summed E-state index contributed by atoms with van der Waals surface area (Å²) in [5.74, 6) is -2.20. The van der Waals surface area contributed by atoms with E-state index in [1.165, 1.54) is 25.1 Å². The minimum absolute atomic E-state index is 0.00689. The number of rotatable bonds is 21. The fourth-order valence-electron chi connectivity index (χ4n) is 6.81. The van der Waals surface area contributed by atoms with E-state index in [0.717, 1.165) is 6.42 Å². The van der Waals surface area contributed by atoms with Gasteiger partial charge in [-0.1, -0.05) is 46.3 Å². The number of likely N-dealkylation sites (N-methyl/N-ethyl adjacent to an activating group) is 2. The molecule has 50 heavy (non-hydrogen) atoms. The number of amides is 4. The molecule has 16 heteroatoms. The zero-order chi connectivity index (χ0) is 37.7. The maximum absolute atomic E-state index is 14.1. The predicted molar refractivity (Wildman–Crippen MR) is 186 cm³/mol. The quantitative estimate of drug-likeness (QED) is 0.131. The van der Waals surface area contributed by atoms with Gasteiger partial charge in [0.15, 0.2) is 0 Å². The molecule has 1 saturated heterocycles. The highest BCUT2D eigenvalue weighted by Crippen LogP contribution is 2.29. The van der Waals surface area contributed by atoms with Gasteiger partial charge < -0.3 is 40.1 Å². The first kappa shape index (κ1) is 43.0. The number of nitrogens with zero attached hydrogens (tertiary/aromatic N) is 6. The van der Waals surface area contributed by atoms with Gasteiger partial charge >= 0.3 is 0 Å². The average molecular weight is 711 g/mol. The van der Waals surface area contributed by atoms with Crippen LogP contribution in [0, 0.1) is 17.8 Å². The summed E-state index contributed by atoms with van der Waals surface area (Å²) in [4.78, 5) is 59.4. The van der Waals surface area contributed by atoms with Crippen LogP contribution in [0.5, 0.6) is 0 Å². The van der Waals surface area contributed by atoms with Crippen LogP contribution in [0.25, 0.3) is 0 Å². The van der Waals surface area contributed by atoms with Gasteiger partial charge in [0.1, 0.15) is 12.1 Å². The van der Waals surface area contributed by atoms with Crippen LogP contribution < -0.4 is 10.6 Å². The van der Waals surface area contributed by atoms with Crippen molar-refractivity contribution in [2.75, 3.05) is 55.1 Å². The fraction of sp³-hybridized carbons (Fsp3) is 0.824. The Labute approximate surface area is 297 Å². The van der Waals surface area contributed by atoms with Crippen molar-refractivity contribution in [1.82, 2.24) is 40.3 Å². The number of hydrogen-bond acceptors (Lipinski definition) is 11. The third-order valence-electron chi connectivity index (χ3n) is 10.0. The van der Waals surface area contributed by atoms with Crippen molar-refractivity contribution >= 4 is 23.6 Å². The molecule has 1 aromatic rings. The number of aliphatic hydroxyl groups is 2. The largest absolute Gasteiger partial charge is 0.394 e. The van der Waals surface area contributed by atoms with Crippen molar-refractivity contribution in [2.45, 2.75) is 109 Å². The second-order valence-corrected chi connectivity index (χ2v) is 14.0. The molecule has 2 rings (SSSR count). The normalized spacial score (nSPS) is 19.7. The molecule has 0 spiro atoms. The van der Waals surface area contributed by atoms with Gasteiger partial charge in [0.2, 0.25) is 23.6 Å². The lowest BCUT2D eigenvalue weighted by molar-refractivity contribution is -0.148. The number of carbonyl (C=O) groups excluding carboxylic acids is 4. The molecule has 286 valence electrons. The minimum Gasteiger partial charge on any atom is -0.394 e. The molecule has 0 saturated carbocycles. The van der Waals surface area contributed by atoms with Gasteiger partial charge in [-0.25, -0.2) is 0 Å². The van der Waals surface area contributed by atoms with E-state index in [2.05, 4.69) is 20.9 Å². The van der Waals surface area contributed by atoms with Crippen molar-refractivity contribution in [3.05, 3.63) is 12.4 Å². The Hall–Kier alpha value is -3.18. The van der Waals surface area contributed by atoms with Gasteiger partial charge in [-0.2, -0.15) is 0 Å². The van der Waals surface area contributed by atoms with Crippen LogP contribution in [0.3, 0.4) is 0 Å². The molecule has 0 aromatic carbocycles.